The molecule has 0 atom stereocenters. The van der Waals surface area contributed by atoms with E-state index in [1.165, 1.54) is 12.1 Å². The highest BCUT2D eigenvalue weighted by atomic mass is 79.9. The van der Waals surface area contributed by atoms with Crippen molar-refractivity contribution < 1.29 is 17.2 Å². The van der Waals surface area contributed by atoms with E-state index in [-0.39, 0.29) is 15.2 Å². The van der Waals surface area contributed by atoms with Crippen LogP contribution in [-0.4, -0.2) is 8.42 Å². The molecular weight excluding hydrogens is 455 g/mol. The molecular formula is C12H6Br2ClF2NO2S. The summed E-state index contributed by atoms with van der Waals surface area (Å²) in [5.74, 6) is -2.09. The minimum atomic E-state index is -4.27. The third kappa shape index (κ3) is 3.74. The van der Waals surface area contributed by atoms with Gasteiger partial charge < -0.3 is 0 Å². The number of benzene rings is 2. The van der Waals surface area contributed by atoms with Crippen LogP contribution in [0.4, 0.5) is 14.5 Å². The Bertz CT molecular complexity index is 792. The summed E-state index contributed by atoms with van der Waals surface area (Å²) in [4.78, 5) is -0.692. The monoisotopic (exact) mass is 459 g/mol. The second kappa shape index (κ2) is 6.20. The first-order chi connectivity index (χ1) is 9.70. The normalized spacial score (nSPS) is 11.5. The summed E-state index contributed by atoms with van der Waals surface area (Å²) in [6, 6.07) is 5.82. The zero-order valence-corrected chi connectivity index (χ0v) is 14.7. The fourth-order valence-electron chi connectivity index (χ4n) is 1.55. The van der Waals surface area contributed by atoms with Crippen molar-refractivity contribution in [3.8, 4) is 0 Å². The molecule has 21 heavy (non-hydrogen) atoms. The zero-order chi connectivity index (χ0) is 15.8. The molecule has 0 aliphatic heterocycles. The van der Waals surface area contributed by atoms with Crippen molar-refractivity contribution in [2.24, 2.45) is 0 Å². The first kappa shape index (κ1) is 16.7. The largest absolute Gasteiger partial charge is 0.278 e. The van der Waals surface area contributed by atoms with Gasteiger partial charge in [-0.1, -0.05) is 27.5 Å². The SMILES string of the molecule is O=S(=O)(Nc1ccc(Br)cc1Cl)c1c(F)cc(F)cc1Br. The maximum Gasteiger partial charge on any atom is 0.266 e. The Kier molecular flexibility index (Phi) is 4.92. The van der Waals surface area contributed by atoms with E-state index in [1.807, 2.05) is 0 Å². The van der Waals surface area contributed by atoms with Gasteiger partial charge >= 0.3 is 0 Å². The van der Waals surface area contributed by atoms with Gasteiger partial charge in [-0.3, -0.25) is 4.72 Å². The van der Waals surface area contributed by atoms with Crippen LogP contribution in [0.3, 0.4) is 0 Å². The number of anilines is 1. The summed E-state index contributed by atoms with van der Waals surface area (Å²) in [7, 11) is -4.27. The van der Waals surface area contributed by atoms with Gasteiger partial charge in [0.2, 0.25) is 0 Å². The summed E-state index contributed by atoms with van der Waals surface area (Å²) in [5.41, 5.74) is 0.0792. The van der Waals surface area contributed by atoms with Gasteiger partial charge in [-0.05, 0) is 40.2 Å². The van der Waals surface area contributed by atoms with Gasteiger partial charge in [0.25, 0.3) is 10.0 Å². The Morgan fingerprint density at radius 2 is 1.76 bits per heavy atom. The Labute approximate surface area is 141 Å². The lowest BCUT2D eigenvalue weighted by molar-refractivity contribution is 0.548. The average Bonchev–Trinajstić information content (AvgIpc) is 2.30. The average molecular weight is 462 g/mol. The molecule has 0 aliphatic carbocycles. The molecule has 0 fully saturated rings. The van der Waals surface area contributed by atoms with Crippen LogP contribution in [0, 0.1) is 11.6 Å². The molecule has 9 heteroatoms. The first-order valence-corrected chi connectivity index (χ1v) is 8.78. The maximum atomic E-state index is 13.7. The third-order valence-electron chi connectivity index (χ3n) is 2.41. The molecule has 0 heterocycles. The molecule has 0 amide bonds. The second-order valence-corrected chi connectivity index (χ2v) is 7.72. The molecule has 0 aliphatic rings. The molecule has 0 aromatic heterocycles. The summed E-state index contributed by atoms with van der Waals surface area (Å²) in [6.45, 7) is 0. The number of hydrogen-bond donors (Lipinski definition) is 1. The van der Waals surface area contributed by atoms with Crippen molar-refractivity contribution in [2.45, 2.75) is 4.90 Å². The molecule has 2 rings (SSSR count). The number of rotatable bonds is 3. The molecule has 0 spiro atoms. The molecule has 0 unspecified atom stereocenters. The fraction of sp³-hybridized carbons (Fsp3) is 0. The summed E-state index contributed by atoms with van der Waals surface area (Å²) < 4.78 is 53.8. The van der Waals surface area contributed by atoms with Crippen molar-refractivity contribution in [1.82, 2.24) is 0 Å². The van der Waals surface area contributed by atoms with Crippen LogP contribution in [0.5, 0.6) is 0 Å². The van der Waals surface area contributed by atoms with E-state index in [0.29, 0.717) is 10.5 Å². The van der Waals surface area contributed by atoms with E-state index >= 15 is 0 Å². The number of sulfonamides is 1. The minimum absolute atomic E-state index is 0.0792. The highest BCUT2D eigenvalue weighted by Gasteiger charge is 2.24. The zero-order valence-electron chi connectivity index (χ0n) is 10.0. The van der Waals surface area contributed by atoms with Crippen molar-refractivity contribution >= 4 is 59.2 Å². The van der Waals surface area contributed by atoms with Crippen LogP contribution < -0.4 is 4.72 Å². The van der Waals surface area contributed by atoms with Gasteiger partial charge in [0.05, 0.1) is 10.7 Å². The Morgan fingerprint density at radius 3 is 2.33 bits per heavy atom. The quantitative estimate of drug-likeness (QED) is 0.704. The number of hydrogen-bond acceptors (Lipinski definition) is 2. The predicted octanol–water partition coefficient (Wildman–Crippen LogP) is 4.94. The molecule has 2 aromatic rings. The van der Waals surface area contributed by atoms with Gasteiger partial charge in [0.1, 0.15) is 16.5 Å². The topological polar surface area (TPSA) is 46.2 Å². The number of nitrogens with one attached hydrogen (secondary N) is 1. The highest BCUT2D eigenvalue weighted by Crippen LogP contribution is 2.31. The molecule has 0 saturated heterocycles. The molecule has 3 nitrogen and oxygen atoms in total. The molecule has 0 bridgehead atoms. The fourth-order valence-corrected chi connectivity index (χ4v) is 4.58. The van der Waals surface area contributed by atoms with Crippen molar-refractivity contribution in [3.05, 3.63) is 55.9 Å². The van der Waals surface area contributed by atoms with Gasteiger partial charge in [0.15, 0.2) is 0 Å². The second-order valence-electron chi connectivity index (χ2n) is 3.93. The van der Waals surface area contributed by atoms with Crippen LogP contribution in [0.2, 0.25) is 5.02 Å². The lowest BCUT2D eigenvalue weighted by Gasteiger charge is -2.12. The predicted molar refractivity (Wildman–Crippen MR) is 84.0 cm³/mol. The lowest BCUT2D eigenvalue weighted by atomic mass is 10.3. The van der Waals surface area contributed by atoms with Crippen LogP contribution in [0.1, 0.15) is 0 Å². The van der Waals surface area contributed by atoms with Gasteiger partial charge in [0, 0.05) is 15.0 Å². The Morgan fingerprint density at radius 1 is 1.10 bits per heavy atom. The summed E-state index contributed by atoms with van der Waals surface area (Å²) in [6.07, 6.45) is 0. The first-order valence-electron chi connectivity index (χ1n) is 5.33. The van der Waals surface area contributed by atoms with Crippen LogP contribution in [-0.2, 0) is 10.0 Å². The standard InChI is InChI=1S/C12H6Br2ClF2NO2S/c13-6-1-2-11(9(15)3-6)18-21(19,20)12-8(14)4-7(16)5-10(12)17/h1-5,18H. The molecule has 0 radical (unpaired) electrons. The third-order valence-corrected chi connectivity index (χ3v) is 5.54. The molecule has 0 saturated carbocycles. The summed E-state index contributed by atoms with van der Waals surface area (Å²) in [5, 5.41) is 0.131. The lowest BCUT2D eigenvalue weighted by Crippen LogP contribution is -2.16. The van der Waals surface area contributed by atoms with E-state index in [1.54, 1.807) is 6.07 Å². The maximum absolute atomic E-state index is 13.7. The van der Waals surface area contributed by atoms with Crippen LogP contribution in [0.25, 0.3) is 0 Å². The van der Waals surface area contributed by atoms with Gasteiger partial charge in [-0.2, -0.15) is 0 Å². The van der Waals surface area contributed by atoms with Gasteiger partial charge in [-0.25, -0.2) is 17.2 Å². The molecule has 2 aromatic carbocycles. The van der Waals surface area contributed by atoms with E-state index in [4.69, 9.17) is 11.6 Å². The smallest absolute Gasteiger partial charge is 0.266 e. The van der Waals surface area contributed by atoms with Crippen molar-refractivity contribution in [1.29, 1.82) is 0 Å². The van der Waals surface area contributed by atoms with E-state index in [2.05, 4.69) is 36.6 Å². The molecule has 1 N–H and O–H groups in total. The highest BCUT2D eigenvalue weighted by molar-refractivity contribution is 9.10. The van der Waals surface area contributed by atoms with E-state index in [9.17, 15) is 17.2 Å². The van der Waals surface area contributed by atoms with Crippen molar-refractivity contribution in [3.63, 3.8) is 0 Å². The number of halogens is 5. The van der Waals surface area contributed by atoms with Crippen LogP contribution >= 0.6 is 43.5 Å². The van der Waals surface area contributed by atoms with Crippen molar-refractivity contribution in [2.75, 3.05) is 4.72 Å². The van der Waals surface area contributed by atoms with Gasteiger partial charge in [-0.15, -0.1) is 0 Å². The summed E-state index contributed by atoms with van der Waals surface area (Å²) >= 11 is 11.9. The minimum Gasteiger partial charge on any atom is -0.278 e. The Hall–Kier alpha value is -0.700. The van der Waals surface area contributed by atoms with Crippen LogP contribution in [0.15, 0.2) is 44.2 Å². The Balaban J connectivity index is 2.48. The molecule has 112 valence electrons. The van der Waals surface area contributed by atoms with E-state index in [0.717, 1.165) is 6.07 Å². The van der Waals surface area contributed by atoms with E-state index < -0.39 is 26.6 Å².